The lowest BCUT2D eigenvalue weighted by Gasteiger charge is -1.99. The summed E-state index contributed by atoms with van der Waals surface area (Å²) in [7, 11) is 0. The van der Waals surface area contributed by atoms with Crippen molar-refractivity contribution < 1.29 is 4.79 Å². The highest BCUT2D eigenvalue weighted by atomic mass is 16.1. The van der Waals surface area contributed by atoms with Gasteiger partial charge in [0.1, 0.15) is 0 Å². The topological polar surface area (TPSA) is 48.6 Å². The molecule has 3 heteroatoms. The summed E-state index contributed by atoms with van der Waals surface area (Å²) >= 11 is 0. The van der Waals surface area contributed by atoms with Gasteiger partial charge in [-0.05, 0) is 17.7 Å². The zero-order valence-corrected chi connectivity index (χ0v) is 11.4. The fourth-order valence-corrected chi connectivity index (χ4v) is 2.85. The highest BCUT2D eigenvalue weighted by molar-refractivity contribution is 6.09. The van der Waals surface area contributed by atoms with Gasteiger partial charge in [0.2, 0.25) is 0 Å². The Morgan fingerprint density at radius 2 is 1.43 bits per heavy atom. The molecule has 4 rings (SSSR count). The van der Waals surface area contributed by atoms with Crippen molar-refractivity contribution in [2.24, 2.45) is 0 Å². The third-order valence-corrected chi connectivity index (χ3v) is 3.92. The summed E-state index contributed by atoms with van der Waals surface area (Å²) in [6.45, 7) is 0. The van der Waals surface area contributed by atoms with Crippen LogP contribution in [0, 0.1) is 0 Å². The van der Waals surface area contributed by atoms with Gasteiger partial charge in [0, 0.05) is 46.2 Å². The third-order valence-electron chi connectivity index (χ3n) is 3.92. The first-order valence-corrected chi connectivity index (χ1v) is 6.97. The van der Waals surface area contributed by atoms with E-state index < -0.39 is 0 Å². The molecule has 2 N–H and O–H groups in total. The molecule has 0 bridgehead atoms. The Morgan fingerprint density at radius 3 is 2.24 bits per heavy atom. The average Bonchev–Trinajstić information content (AvgIpc) is 3.12. The molecule has 0 fully saturated rings. The van der Waals surface area contributed by atoms with E-state index in [1.165, 1.54) is 0 Å². The fourth-order valence-electron chi connectivity index (χ4n) is 2.85. The van der Waals surface area contributed by atoms with Gasteiger partial charge in [-0.3, -0.25) is 4.79 Å². The lowest BCUT2D eigenvalue weighted by Crippen LogP contribution is -2.02. The molecule has 0 atom stereocenters. The Hall–Kier alpha value is -2.81. The van der Waals surface area contributed by atoms with Gasteiger partial charge in [0.05, 0.1) is 0 Å². The molecular weight excluding hydrogens is 260 g/mol. The predicted octanol–water partition coefficient (Wildman–Crippen LogP) is 4.07. The number of rotatable bonds is 3. The molecule has 2 aromatic heterocycles. The van der Waals surface area contributed by atoms with Gasteiger partial charge in [-0.15, -0.1) is 0 Å². The van der Waals surface area contributed by atoms with Gasteiger partial charge >= 0.3 is 0 Å². The number of aromatic nitrogens is 2. The monoisotopic (exact) mass is 274 g/mol. The first-order chi connectivity index (χ1) is 10.3. The number of carbonyl (C=O) groups is 1. The molecule has 0 unspecified atom stereocenters. The molecule has 0 aliphatic rings. The molecule has 0 amide bonds. The molecule has 0 radical (unpaired) electrons. The molecule has 0 saturated heterocycles. The number of carbonyl (C=O) groups excluding carboxylic acids is 1. The summed E-state index contributed by atoms with van der Waals surface area (Å²) < 4.78 is 0. The second kappa shape index (κ2) is 4.63. The van der Waals surface area contributed by atoms with Crippen molar-refractivity contribution in [3.05, 3.63) is 72.1 Å². The number of ketones is 1. The van der Waals surface area contributed by atoms with Gasteiger partial charge in [0.15, 0.2) is 5.78 Å². The van der Waals surface area contributed by atoms with E-state index in [-0.39, 0.29) is 5.78 Å². The van der Waals surface area contributed by atoms with Crippen molar-refractivity contribution in [2.75, 3.05) is 0 Å². The van der Waals surface area contributed by atoms with Crippen LogP contribution in [-0.4, -0.2) is 15.8 Å². The second-order valence-corrected chi connectivity index (χ2v) is 5.21. The van der Waals surface area contributed by atoms with Crippen LogP contribution in [0.1, 0.15) is 15.9 Å². The fraction of sp³-hybridized carbons (Fsp3) is 0.0556. The van der Waals surface area contributed by atoms with Crippen LogP contribution in [-0.2, 0) is 6.42 Å². The van der Waals surface area contributed by atoms with Gasteiger partial charge < -0.3 is 9.97 Å². The number of hydrogen-bond donors (Lipinski definition) is 2. The van der Waals surface area contributed by atoms with Crippen molar-refractivity contribution in [2.45, 2.75) is 6.42 Å². The van der Waals surface area contributed by atoms with E-state index in [1.54, 1.807) is 0 Å². The number of fused-ring (bicyclic) bond motifs is 2. The molecule has 0 aliphatic heterocycles. The van der Waals surface area contributed by atoms with E-state index in [2.05, 4.69) is 9.97 Å². The smallest absolute Gasteiger partial charge is 0.169 e. The number of para-hydroxylation sites is 2. The van der Waals surface area contributed by atoms with Crippen LogP contribution in [0.3, 0.4) is 0 Å². The van der Waals surface area contributed by atoms with Crippen molar-refractivity contribution in [1.82, 2.24) is 9.97 Å². The maximum absolute atomic E-state index is 12.6. The van der Waals surface area contributed by atoms with Crippen LogP contribution in [0.15, 0.2) is 60.9 Å². The molecule has 4 aromatic rings. The summed E-state index contributed by atoms with van der Waals surface area (Å²) in [4.78, 5) is 19.0. The average molecular weight is 274 g/mol. The first kappa shape index (κ1) is 12.0. The highest BCUT2D eigenvalue weighted by Gasteiger charge is 2.14. The standard InChI is InChI=1S/C18H14N2O/c21-18(15-11-20-17-8-4-2-6-14(15)17)9-12-10-19-16-7-3-1-5-13(12)16/h1-8,10-11,19-20H,9H2. The van der Waals surface area contributed by atoms with Gasteiger partial charge in [0.25, 0.3) is 0 Å². The third kappa shape index (κ3) is 1.94. The largest absolute Gasteiger partial charge is 0.361 e. The Labute approximate surface area is 121 Å². The minimum absolute atomic E-state index is 0.136. The number of hydrogen-bond acceptors (Lipinski definition) is 1. The van der Waals surface area contributed by atoms with Crippen LogP contribution < -0.4 is 0 Å². The van der Waals surface area contributed by atoms with Crippen LogP contribution in [0.2, 0.25) is 0 Å². The normalized spacial score (nSPS) is 11.2. The molecule has 2 aromatic carbocycles. The van der Waals surface area contributed by atoms with E-state index in [1.807, 2.05) is 60.9 Å². The molecular formula is C18H14N2O. The second-order valence-electron chi connectivity index (χ2n) is 5.21. The van der Waals surface area contributed by atoms with Crippen molar-refractivity contribution >= 4 is 27.6 Å². The number of benzene rings is 2. The van der Waals surface area contributed by atoms with Crippen LogP contribution in [0.4, 0.5) is 0 Å². The van der Waals surface area contributed by atoms with Crippen LogP contribution in [0.25, 0.3) is 21.8 Å². The molecule has 0 spiro atoms. The van der Waals surface area contributed by atoms with Crippen LogP contribution >= 0.6 is 0 Å². The maximum atomic E-state index is 12.6. The molecule has 0 saturated carbocycles. The maximum Gasteiger partial charge on any atom is 0.169 e. The summed E-state index contributed by atoms with van der Waals surface area (Å²) in [6.07, 6.45) is 4.14. The van der Waals surface area contributed by atoms with Crippen molar-refractivity contribution in [3.8, 4) is 0 Å². The van der Waals surface area contributed by atoms with Gasteiger partial charge in [-0.2, -0.15) is 0 Å². The summed E-state index contributed by atoms with van der Waals surface area (Å²) in [5, 5.41) is 2.10. The number of nitrogens with one attached hydrogen (secondary N) is 2. The van der Waals surface area contributed by atoms with E-state index in [9.17, 15) is 4.79 Å². The first-order valence-electron chi connectivity index (χ1n) is 6.97. The zero-order valence-electron chi connectivity index (χ0n) is 11.4. The quantitative estimate of drug-likeness (QED) is 0.543. The molecule has 2 heterocycles. The summed E-state index contributed by atoms with van der Waals surface area (Å²) in [6, 6.07) is 15.9. The zero-order chi connectivity index (χ0) is 14.2. The lowest BCUT2D eigenvalue weighted by molar-refractivity contribution is 0.0995. The number of aromatic amines is 2. The summed E-state index contributed by atoms with van der Waals surface area (Å²) in [5.41, 5.74) is 3.87. The molecule has 21 heavy (non-hydrogen) atoms. The Morgan fingerprint density at radius 1 is 0.810 bits per heavy atom. The van der Waals surface area contributed by atoms with E-state index in [0.29, 0.717) is 6.42 Å². The van der Waals surface area contributed by atoms with Gasteiger partial charge in [-0.1, -0.05) is 36.4 Å². The molecule has 3 nitrogen and oxygen atoms in total. The minimum Gasteiger partial charge on any atom is -0.361 e. The Balaban J connectivity index is 1.72. The van der Waals surface area contributed by atoms with Crippen molar-refractivity contribution in [3.63, 3.8) is 0 Å². The molecule has 102 valence electrons. The number of H-pyrrole nitrogens is 2. The minimum atomic E-state index is 0.136. The van der Waals surface area contributed by atoms with E-state index in [0.717, 1.165) is 32.9 Å². The Kier molecular flexibility index (Phi) is 2.64. The van der Waals surface area contributed by atoms with Crippen LogP contribution in [0.5, 0.6) is 0 Å². The van der Waals surface area contributed by atoms with E-state index in [4.69, 9.17) is 0 Å². The number of Topliss-reactive ketones (excluding diaryl/α,β-unsaturated/α-hetero) is 1. The highest BCUT2D eigenvalue weighted by Crippen LogP contribution is 2.22. The lowest BCUT2D eigenvalue weighted by atomic mass is 10.0. The predicted molar refractivity (Wildman–Crippen MR) is 84.6 cm³/mol. The SMILES string of the molecule is O=C(Cc1c[nH]c2ccccc12)c1c[nH]c2ccccc12. The molecule has 0 aliphatic carbocycles. The summed E-state index contributed by atoms with van der Waals surface area (Å²) in [5.74, 6) is 0.136. The Bertz CT molecular complexity index is 946. The van der Waals surface area contributed by atoms with Crippen molar-refractivity contribution in [1.29, 1.82) is 0 Å². The van der Waals surface area contributed by atoms with E-state index >= 15 is 0 Å². The van der Waals surface area contributed by atoms with Gasteiger partial charge in [-0.25, -0.2) is 0 Å².